The van der Waals surface area contributed by atoms with Crippen molar-refractivity contribution >= 4 is 41.7 Å². The van der Waals surface area contributed by atoms with Crippen LogP contribution in [0.3, 0.4) is 0 Å². The van der Waals surface area contributed by atoms with Crippen molar-refractivity contribution in [3.05, 3.63) is 60.2 Å². The Bertz CT molecular complexity index is 504. The van der Waals surface area contributed by atoms with E-state index < -0.39 is 20.0 Å². The zero-order valence-corrected chi connectivity index (χ0v) is 13.5. The molecule has 0 N–H and O–H groups in total. The van der Waals surface area contributed by atoms with Crippen molar-refractivity contribution < 1.29 is 26.0 Å². The monoisotopic (exact) mass is 308 g/mol. The minimum atomic E-state index is -3.54. The Morgan fingerprint density at radius 2 is 1.16 bits per heavy atom. The molecule has 0 amide bonds. The Morgan fingerprint density at radius 1 is 0.842 bits per heavy atom. The summed E-state index contributed by atoms with van der Waals surface area (Å²) in [7, 11) is -3.54. The number of hydrogen-bond donors (Lipinski definition) is 0. The van der Waals surface area contributed by atoms with Crippen molar-refractivity contribution in [2.24, 2.45) is 0 Å². The summed E-state index contributed by atoms with van der Waals surface area (Å²) >= 11 is 0. The van der Waals surface area contributed by atoms with Gasteiger partial charge in [-0.15, -0.1) is 0 Å². The van der Waals surface area contributed by atoms with Crippen LogP contribution < -0.4 is 27.6 Å². The Hall–Kier alpha value is -0.467. The first-order valence-corrected chi connectivity index (χ1v) is 7.65. The molecule has 0 heterocycles. The molecule has 2 aromatic rings. The molecule has 1 nitrogen and oxygen atoms in total. The fourth-order valence-corrected chi connectivity index (χ4v) is 4.04. The van der Waals surface area contributed by atoms with Gasteiger partial charge in [0.2, 0.25) is 0 Å². The first-order valence-electron chi connectivity index (χ1n) is 5.24. The third kappa shape index (κ3) is 3.76. The molecule has 0 spiro atoms. The summed E-state index contributed by atoms with van der Waals surface area (Å²) < 4.78 is 27.2. The maximum Gasteiger partial charge on any atom is 2.00 e. The predicted octanol–water partition coefficient (Wildman–Crippen LogP) is -2.36. The Balaban J connectivity index is 0.00000162. The van der Waals surface area contributed by atoms with E-state index in [2.05, 4.69) is 0 Å². The normalized spacial score (nSPS) is 10.3. The van der Waals surface area contributed by atoms with Gasteiger partial charge in [-0.1, -0.05) is 42.9 Å². The van der Waals surface area contributed by atoms with Crippen LogP contribution in [0.15, 0.2) is 48.5 Å². The van der Waals surface area contributed by atoms with Crippen LogP contribution in [0.2, 0.25) is 6.55 Å². The van der Waals surface area contributed by atoms with E-state index >= 15 is 0 Å². The van der Waals surface area contributed by atoms with E-state index in [-0.39, 0.29) is 45.8 Å². The van der Waals surface area contributed by atoms with Crippen molar-refractivity contribution in [3.63, 3.8) is 0 Å². The molecule has 0 aliphatic carbocycles. The van der Waals surface area contributed by atoms with E-state index in [0.29, 0.717) is 0 Å². The number of benzene rings is 2. The molecular formula is C13H11ClF2MgOSi. The number of rotatable bonds is 2. The van der Waals surface area contributed by atoms with Gasteiger partial charge in [0.05, 0.1) is 0 Å². The topological polar surface area (TPSA) is 23.1 Å². The van der Waals surface area contributed by atoms with Crippen molar-refractivity contribution in [2.75, 3.05) is 0 Å². The van der Waals surface area contributed by atoms with Gasteiger partial charge in [0.15, 0.2) is 0 Å². The SMILES string of the molecule is C[Si]([O-])(c1ccccc1F)c1ccccc1F.[Cl-].[Mg+2]. The molecule has 2 rings (SSSR count). The van der Waals surface area contributed by atoms with Crippen molar-refractivity contribution in [1.82, 2.24) is 0 Å². The van der Waals surface area contributed by atoms with Crippen LogP contribution in [0.4, 0.5) is 8.78 Å². The van der Waals surface area contributed by atoms with Crippen molar-refractivity contribution in [3.8, 4) is 0 Å². The standard InChI is InChI=1S/C13H11F2OSi.ClH.Mg/c1-17(16,12-8-4-2-6-10(12)14)13-9-5-3-7-11(13)15;;/h2-9H,1H3;1H;/q-1;;+2/p-1. The Kier molecular flexibility index (Phi) is 7.17. The molecule has 0 aliphatic heterocycles. The van der Waals surface area contributed by atoms with Crippen LogP contribution in [-0.4, -0.2) is 31.4 Å². The van der Waals surface area contributed by atoms with Crippen LogP contribution in [0.1, 0.15) is 0 Å². The molecule has 0 fully saturated rings. The third-order valence-corrected chi connectivity index (χ3v) is 5.64. The molecule has 0 saturated carbocycles. The second kappa shape index (κ2) is 7.35. The largest absolute Gasteiger partial charge is 2.00 e. The van der Waals surface area contributed by atoms with E-state index in [9.17, 15) is 13.6 Å². The summed E-state index contributed by atoms with van der Waals surface area (Å²) in [5.41, 5.74) is 0. The smallest absolute Gasteiger partial charge is 1.00 e. The molecule has 0 saturated heterocycles. The predicted molar refractivity (Wildman–Crippen MR) is 69.4 cm³/mol. The van der Waals surface area contributed by atoms with E-state index in [0.717, 1.165) is 0 Å². The molecule has 0 aliphatic rings. The quantitative estimate of drug-likeness (QED) is 0.569. The van der Waals surface area contributed by atoms with Gasteiger partial charge in [0.1, 0.15) is 11.6 Å². The molecular weight excluding hydrogens is 298 g/mol. The molecule has 0 unspecified atom stereocenters. The molecule has 0 atom stereocenters. The van der Waals surface area contributed by atoms with Crippen molar-refractivity contribution in [1.29, 1.82) is 0 Å². The minimum absolute atomic E-state index is 0. The zero-order valence-electron chi connectivity index (χ0n) is 10.4. The fourth-order valence-electron chi connectivity index (χ4n) is 1.84. The second-order valence-electron chi connectivity index (χ2n) is 3.99. The van der Waals surface area contributed by atoms with E-state index in [4.69, 9.17) is 0 Å². The van der Waals surface area contributed by atoms with Gasteiger partial charge >= 0.3 is 23.1 Å². The summed E-state index contributed by atoms with van der Waals surface area (Å²) in [5, 5.41) is 0.176. The van der Waals surface area contributed by atoms with Gasteiger partial charge in [-0.3, -0.25) is 0 Å². The van der Waals surface area contributed by atoms with Gasteiger partial charge in [0, 0.05) is 8.32 Å². The van der Waals surface area contributed by atoms with Gasteiger partial charge < -0.3 is 17.2 Å². The Labute approximate surface area is 134 Å². The fraction of sp³-hybridized carbons (Fsp3) is 0.0769. The number of halogens is 3. The van der Waals surface area contributed by atoms with Gasteiger partial charge in [-0.05, 0) is 22.5 Å². The maximum atomic E-state index is 13.6. The minimum Gasteiger partial charge on any atom is -1.00 e. The third-order valence-electron chi connectivity index (χ3n) is 2.78. The van der Waals surface area contributed by atoms with Crippen molar-refractivity contribution in [2.45, 2.75) is 6.55 Å². The molecule has 0 aromatic heterocycles. The average molecular weight is 309 g/mol. The van der Waals surface area contributed by atoms with E-state index in [1.807, 2.05) is 0 Å². The molecule has 96 valence electrons. The molecule has 2 aromatic carbocycles. The second-order valence-corrected chi connectivity index (χ2v) is 7.14. The van der Waals surface area contributed by atoms with Crippen LogP contribution in [0, 0.1) is 11.6 Å². The van der Waals surface area contributed by atoms with Crippen LogP contribution in [0.25, 0.3) is 0 Å². The van der Waals surface area contributed by atoms with E-state index in [1.165, 1.54) is 42.9 Å². The number of hydrogen-bond acceptors (Lipinski definition) is 1. The molecule has 0 radical (unpaired) electrons. The summed E-state index contributed by atoms with van der Waals surface area (Å²) in [4.78, 5) is 12.6. The van der Waals surface area contributed by atoms with Gasteiger partial charge in [0.25, 0.3) is 0 Å². The average Bonchev–Trinajstić information content (AvgIpc) is 2.29. The maximum absolute atomic E-state index is 13.6. The summed E-state index contributed by atoms with van der Waals surface area (Å²) in [6.45, 7) is 1.41. The first-order chi connectivity index (χ1) is 8.03. The summed E-state index contributed by atoms with van der Waals surface area (Å²) in [5.74, 6) is -1.11. The molecule has 0 bridgehead atoms. The van der Waals surface area contributed by atoms with Crippen LogP contribution >= 0.6 is 0 Å². The summed E-state index contributed by atoms with van der Waals surface area (Å²) in [6, 6.07) is 11.6. The Morgan fingerprint density at radius 3 is 1.47 bits per heavy atom. The summed E-state index contributed by atoms with van der Waals surface area (Å²) in [6.07, 6.45) is 0. The van der Waals surface area contributed by atoms with E-state index in [1.54, 1.807) is 12.1 Å². The zero-order chi connectivity index (χ0) is 12.5. The first kappa shape index (κ1) is 18.5. The van der Waals surface area contributed by atoms with Crippen LogP contribution in [-0.2, 0) is 0 Å². The van der Waals surface area contributed by atoms with Gasteiger partial charge in [-0.25, -0.2) is 8.78 Å². The van der Waals surface area contributed by atoms with Gasteiger partial charge in [-0.2, -0.15) is 0 Å². The van der Waals surface area contributed by atoms with Crippen LogP contribution in [0.5, 0.6) is 0 Å². The molecule has 6 heteroatoms. The molecule has 19 heavy (non-hydrogen) atoms.